The van der Waals surface area contributed by atoms with E-state index in [0.717, 1.165) is 13.0 Å². The van der Waals surface area contributed by atoms with Crippen LogP contribution in [0.15, 0.2) is 0 Å². The zero-order valence-corrected chi connectivity index (χ0v) is 10.4. The SMILES string of the molecule is O=C1COc2nc(Cl)nc(NC3CCOC3)c2C1. The van der Waals surface area contributed by atoms with E-state index < -0.39 is 0 Å². The third-order valence-electron chi connectivity index (χ3n) is 2.96. The standard InChI is InChI=1S/C11H12ClN3O3/c12-11-14-9(13-6-1-2-17-4-6)8-3-7(16)5-18-10(8)15-11/h6H,1-5H2,(H,13,14,15). The van der Waals surface area contributed by atoms with Crippen molar-refractivity contribution < 1.29 is 14.3 Å². The Balaban J connectivity index is 1.91. The molecule has 2 aliphatic heterocycles. The molecule has 7 heteroatoms. The molecule has 1 saturated heterocycles. The van der Waals surface area contributed by atoms with Crippen LogP contribution in [0.5, 0.6) is 5.88 Å². The van der Waals surface area contributed by atoms with Crippen LogP contribution in [0, 0.1) is 0 Å². The number of ketones is 1. The van der Waals surface area contributed by atoms with E-state index in [4.69, 9.17) is 21.1 Å². The lowest BCUT2D eigenvalue weighted by atomic mass is 10.1. The van der Waals surface area contributed by atoms with Gasteiger partial charge in [0.1, 0.15) is 12.4 Å². The van der Waals surface area contributed by atoms with Gasteiger partial charge in [0.25, 0.3) is 0 Å². The maximum absolute atomic E-state index is 11.4. The Hall–Kier alpha value is -1.40. The Bertz CT molecular complexity index is 489. The summed E-state index contributed by atoms with van der Waals surface area (Å²) in [6.45, 7) is 1.41. The Morgan fingerprint density at radius 1 is 1.39 bits per heavy atom. The van der Waals surface area contributed by atoms with E-state index in [1.54, 1.807) is 0 Å². The normalized spacial score (nSPS) is 22.5. The quantitative estimate of drug-likeness (QED) is 0.802. The number of aromatic nitrogens is 2. The van der Waals surface area contributed by atoms with Gasteiger partial charge >= 0.3 is 0 Å². The molecule has 0 spiro atoms. The molecule has 1 fully saturated rings. The van der Waals surface area contributed by atoms with Crippen molar-refractivity contribution in [3.8, 4) is 5.88 Å². The molecular formula is C11H12ClN3O3. The lowest BCUT2D eigenvalue weighted by Gasteiger charge is -2.20. The van der Waals surface area contributed by atoms with Gasteiger partial charge in [0.2, 0.25) is 11.2 Å². The highest BCUT2D eigenvalue weighted by molar-refractivity contribution is 6.28. The van der Waals surface area contributed by atoms with Crippen LogP contribution in [0.3, 0.4) is 0 Å². The minimum absolute atomic E-state index is 0.0131. The second-order valence-electron chi connectivity index (χ2n) is 4.33. The first-order valence-electron chi connectivity index (χ1n) is 5.77. The topological polar surface area (TPSA) is 73.3 Å². The molecule has 0 saturated carbocycles. The van der Waals surface area contributed by atoms with Crippen LogP contribution in [0.4, 0.5) is 5.82 Å². The summed E-state index contributed by atoms with van der Waals surface area (Å²) in [5, 5.41) is 3.35. The van der Waals surface area contributed by atoms with Crippen molar-refractivity contribution in [3.63, 3.8) is 0 Å². The molecule has 0 aliphatic carbocycles. The number of rotatable bonds is 2. The number of nitrogens with zero attached hydrogens (tertiary/aromatic N) is 2. The number of ether oxygens (including phenoxy) is 2. The van der Waals surface area contributed by atoms with Crippen molar-refractivity contribution in [1.82, 2.24) is 9.97 Å². The minimum Gasteiger partial charge on any atom is -0.469 e. The second-order valence-corrected chi connectivity index (χ2v) is 4.67. The smallest absolute Gasteiger partial charge is 0.227 e. The van der Waals surface area contributed by atoms with Crippen molar-refractivity contribution >= 4 is 23.2 Å². The van der Waals surface area contributed by atoms with E-state index in [0.29, 0.717) is 23.9 Å². The summed E-state index contributed by atoms with van der Waals surface area (Å²) in [5.74, 6) is 0.990. The second kappa shape index (κ2) is 4.70. The van der Waals surface area contributed by atoms with Gasteiger partial charge in [-0.3, -0.25) is 4.79 Å². The van der Waals surface area contributed by atoms with Crippen LogP contribution < -0.4 is 10.1 Å². The van der Waals surface area contributed by atoms with Gasteiger partial charge in [-0.05, 0) is 18.0 Å². The first-order valence-corrected chi connectivity index (χ1v) is 6.15. The van der Waals surface area contributed by atoms with E-state index in [-0.39, 0.29) is 30.1 Å². The molecule has 1 atom stereocenters. The molecule has 1 unspecified atom stereocenters. The Labute approximate surface area is 109 Å². The van der Waals surface area contributed by atoms with E-state index in [1.807, 2.05) is 0 Å². The first-order chi connectivity index (χ1) is 8.72. The molecule has 1 N–H and O–H groups in total. The molecule has 3 heterocycles. The van der Waals surface area contributed by atoms with Crippen molar-refractivity contribution in [1.29, 1.82) is 0 Å². The molecule has 0 aromatic carbocycles. The number of hydrogen-bond donors (Lipinski definition) is 1. The van der Waals surface area contributed by atoms with Crippen LogP contribution in [0.2, 0.25) is 5.28 Å². The summed E-state index contributed by atoms with van der Waals surface area (Å²) in [6, 6.07) is 0.192. The summed E-state index contributed by atoms with van der Waals surface area (Å²) in [4.78, 5) is 19.6. The van der Waals surface area contributed by atoms with Crippen molar-refractivity contribution in [2.24, 2.45) is 0 Å². The molecule has 1 aromatic rings. The zero-order valence-electron chi connectivity index (χ0n) is 9.61. The molecule has 0 radical (unpaired) electrons. The molecule has 6 nitrogen and oxygen atoms in total. The fourth-order valence-electron chi connectivity index (χ4n) is 2.07. The largest absolute Gasteiger partial charge is 0.469 e. The molecule has 2 aliphatic rings. The van der Waals surface area contributed by atoms with E-state index in [2.05, 4.69) is 15.3 Å². The van der Waals surface area contributed by atoms with Crippen LogP contribution in [0.1, 0.15) is 12.0 Å². The molecule has 3 rings (SSSR count). The number of nitrogens with one attached hydrogen (secondary N) is 1. The summed E-state index contributed by atoms with van der Waals surface area (Å²) >= 11 is 5.85. The van der Waals surface area contributed by atoms with Crippen LogP contribution >= 0.6 is 11.6 Å². The van der Waals surface area contributed by atoms with Gasteiger partial charge in [-0.1, -0.05) is 0 Å². The Morgan fingerprint density at radius 2 is 2.28 bits per heavy atom. The number of halogens is 1. The highest BCUT2D eigenvalue weighted by Gasteiger charge is 2.25. The number of anilines is 1. The number of carbonyl (C=O) groups is 1. The number of hydrogen-bond acceptors (Lipinski definition) is 6. The lowest BCUT2D eigenvalue weighted by Crippen LogP contribution is -2.26. The van der Waals surface area contributed by atoms with Crippen molar-refractivity contribution in [2.45, 2.75) is 18.9 Å². The summed E-state index contributed by atoms with van der Waals surface area (Å²) in [7, 11) is 0. The van der Waals surface area contributed by atoms with Gasteiger partial charge < -0.3 is 14.8 Å². The first kappa shape index (κ1) is 11.7. The molecule has 0 amide bonds. The number of carbonyl (C=O) groups excluding carboxylic acids is 1. The third kappa shape index (κ3) is 2.26. The monoisotopic (exact) mass is 269 g/mol. The van der Waals surface area contributed by atoms with Crippen LogP contribution in [-0.4, -0.2) is 41.6 Å². The van der Waals surface area contributed by atoms with Gasteiger partial charge in [-0.2, -0.15) is 4.98 Å². The molecule has 1 aromatic heterocycles. The van der Waals surface area contributed by atoms with Gasteiger partial charge in [-0.25, -0.2) is 4.98 Å². The zero-order chi connectivity index (χ0) is 12.5. The summed E-state index contributed by atoms with van der Waals surface area (Å²) < 4.78 is 10.6. The number of fused-ring (bicyclic) bond motifs is 1. The fourth-order valence-corrected chi connectivity index (χ4v) is 2.24. The predicted molar refractivity (Wildman–Crippen MR) is 64.1 cm³/mol. The van der Waals surface area contributed by atoms with Crippen molar-refractivity contribution in [2.75, 3.05) is 25.1 Å². The van der Waals surface area contributed by atoms with Gasteiger partial charge in [0.15, 0.2) is 5.78 Å². The van der Waals surface area contributed by atoms with Gasteiger partial charge in [-0.15, -0.1) is 0 Å². The summed E-state index contributed by atoms with van der Waals surface area (Å²) in [6.07, 6.45) is 1.19. The van der Waals surface area contributed by atoms with E-state index >= 15 is 0 Å². The van der Waals surface area contributed by atoms with Crippen molar-refractivity contribution in [3.05, 3.63) is 10.8 Å². The highest BCUT2D eigenvalue weighted by Crippen LogP contribution is 2.29. The summed E-state index contributed by atoms with van der Waals surface area (Å²) in [5.41, 5.74) is 0.683. The molecule has 0 bridgehead atoms. The highest BCUT2D eigenvalue weighted by atomic mass is 35.5. The van der Waals surface area contributed by atoms with E-state index in [9.17, 15) is 4.79 Å². The minimum atomic E-state index is 0.0131. The van der Waals surface area contributed by atoms with Crippen LogP contribution in [-0.2, 0) is 16.0 Å². The molecule has 96 valence electrons. The third-order valence-corrected chi connectivity index (χ3v) is 3.13. The average Bonchev–Trinajstić information content (AvgIpc) is 2.83. The Morgan fingerprint density at radius 3 is 3.06 bits per heavy atom. The predicted octanol–water partition coefficient (Wildman–Crippen LogP) is 0.835. The van der Waals surface area contributed by atoms with Gasteiger partial charge in [0.05, 0.1) is 18.2 Å². The maximum atomic E-state index is 11.4. The molecule has 18 heavy (non-hydrogen) atoms. The fraction of sp³-hybridized carbons (Fsp3) is 0.545. The Kier molecular flexibility index (Phi) is 3.05. The lowest BCUT2D eigenvalue weighted by molar-refractivity contribution is -0.121. The maximum Gasteiger partial charge on any atom is 0.227 e. The average molecular weight is 270 g/mol. The van der Waals surface area contributed by atoms with Gasteiger partial charge in [0, 0.05) is 13.0 Å². The van der Waals surface area contributed by atoms with Crippen LogP contribution in [0.25, 0.3) is 0 Å². The van der Waals surface area contributed by atoms with E-state index in [1.165, 1.54) is 0 Å². The molecular weight excluding hydrogens is 258 g/mol. The number of Topliss-reactive ketones (excluding diaryl/α,β-unsaturated/α-hetero) is 1.